The Bertz CT molecular complexity index is 485. The highest BCUT2D eigenvalue weighted by molar-refractivity contribution is 5.93. The van der Waals surface area contributed by atoms with Gasteiger partial charge >= 0.3 is 0 Å². The molecular weight excluding hydrogens is 238 g/mol. The van der Waals surface area contributed by atoms with Gasteiger partial charge in [-0.15, -0.1) is 0 Å². The molecule has 104 valence electrons. The summed E-state index contributed by atoms with van der Waals surface area (Å²) in [5.41, 5.74) is 9.65. The number of amides is 1. The normalized spacial score (nSPS) is 19.3. The smallest absolute Gasteiger partial charge is 0.221 e. The number of hydrogen-bond acceptors (Lipinski definition) is 3. The van der Waals surface area contributed by atoms with Crippen LogP contribution in [0.2, 0.25) is 0 Å². The number of carbonyl (C=O) groups is 1. The molecule has 4 nitrogen and oxygen atoms in total. The molecule has 0 aliphatic carbocycles. The van der Waals surface area contributed by atoms with E-state index in [1.54, 1.807) is 0 Å². The van der Waals surface area contributed by atoms with E-state index in [0.717, 1.165) is 19.0 Å². The van der Waals surface area contributed by atoms with Crippen LogP contribution in [0.4, 0.5) is 17.1 Å². The average molecular weight is 261 g/mol. The van der Waals surface area contributed by atoms with E-state index in [2.05, 4.69) is 24.1 Å². The van der Waals surface area contributed by atoms with E-state index in [0.29, 0.717) is 11.4 Å². The van der Waals surface area contributed by atoms with E-state index in [1.165, 1.54) is 31.0 Å². The molecule has 2 rings (SSSR count). The van der Waals surface area contributed by atoms with E-state index in [4.69, 9.17) is 5.73 Å². The molecule has 0 radical (unpaired) electrons. The number of nitrogens with zero attached hydrogens (tertiary/aromatic N) is 1. The fourth-order valence-electron chi connectivity index (χ4n) is 2.77. The molecular formula is C15H23N3O. The predicted octanol–water partition coefficient (Wildman–Crippen LogP) is 2.77. The summed E-state index contributed by atoms with van der Waals surface area (Å²) in [7, 11) is 0. The fraction of sp³-hybridized carbons (Fsp3) is 0.533. The van der Waals surface area contributed by atoms with Crippen molar-refractivity contribution >= 4 is 23.0 Å². The number of aryl methyl sites for hydroxylation is 1. The van der Waals surface area contributed by atoms with Crippen molar-refractivity contribution in [1.29, 1.82) is 0 Å². The third-order valence-corrected chi connectivity index (χ3v) is 3.68. The Balaban J connectivity index is 2.31. The van der Waals surface area contributed by atoms with Gasteiger partial charge in [0.2, 0.25) is 5.91 Å². The lowest BCUT2D eigenvalue weighted by Gasteiger charge is -2.34. The lowest BCUT2D eigenvalue weighted by Crippen LogP contribution is -2.34. The van der Waals surface area contributed by atoms with Gasteiger partial charge in [0, 0.05) is 25.7 Å². The van der Waals surface area contributed by atoms with Crippen molar-refractivity contribution in [3.05, 3.63) is 17.7 Å². The SMILES string of the molecule is CC(=O)Nc1cc(N2CCC[C@@H](C)C2)c(C)cc1N. The molecule has 0 saturated carbocycles. The maximum Gasteiger partial charge on any atom is 0.221 e. The molecule has 1 heterocycles. The van der Waals surface area contributed by atoms with Gasteiger partial charge in [-0.25, -0.2) is 0 Å². The number of carbonyl (C=O) groups excluding carboxylic acids is 1. The minimum absolute atomic E-state index is 0.0893. The summed E-state index contributed by atoms with van der Waals surface area (Å²) >= 11 is 0. The van der Waals surface area contributed by atoms with Crippen molar-refractivity contribution in [2.24, 2.45) is 5.92 Å². The van der Waals surface area contributed by atoms with Crippen LogP contribution in [0.3, 0.4) is 0 Å². The van der Waals surface area contributed by atoms with Gasteiger partial charge in [0.15, 0.2) is 0 Å². The molecule has 19 heavy (non-hydrogen) atoms. The first-order valence-corrected chi connectivity index (χ1v) is 6.90. The van der Waals surface area contributed by atoms with Crippen molar-refractivity contribution in [2.45, 2.75) is 33.6 Å². The average Bonchev–Trinajstić information content (AvgIpc) is 2.32. The molecule has 1 amide bonds. The zero-order chi connectivity index (χ0) is 14.0. The first-order valence-electron chi connectivity index (χ1n) is 6.90. The molecule has 1 saturated heterocycles. The van der Waals surface area contributed by atoms with E-state index >= 15 is 0 Å². The van der Waals surface area contributed by atoms with Gasteiger partial charge in [-0.3, -0.25) is 4.79 Å². The van der Waals surface area contributed by atoms with Crippen LogP contribution in [0.5, 0.6) is 0 Å². The number of nitrogens with one attached hydrogen (secondary N) is 1. The molecule has 3 N–H and O–H groups in total. The summed E-state index contributed by atoms with van der Waals surface area (Å²) in [5.74, 6) is 0.628. The summed E-state index contributed by atoms with van der Waals surface area (Å²) < 4.78 is 0. The largest absolute Gasteiger partial charge is 0.397 e. The van der Waals surface area contributed by atoms with Gasteiger partial charge in [-0.05, 0) is 43.4 Å². The van der Waals surface area contributed by atoms with Crippen molar-refractivity contribution in [3.8, 4) is 0 Å². The van der Waals surface area contributed by atoms with Crippen LogP contribution in [0.15, 0.2) is 12.1 Å². The van der Waals surface area contributed by atoms with Gasteiger partial charge in [0.25, 0.3) is 0 Å². The van der Waals surface area contributed by atoms with Gasteiger partial charge in [-0.2, -0.15) is 0 Å². The second kappa shape index (κ2) is 5.51. The zero-order valence-corrected chi connectivity index (χ0v) is 12.0. The molecule has 4 heteroatoms. The zero-order valence-electron chi connectivity index (χ0n) is 12.0. The quantitative estimate of drug-likeness (QED) is 0.805. The highest BCUT2D eigenvalue weighted by Crippen LogP contribution is 2.32. The van der Waals surface area contributed by atoms with Crippen LogP contribution in [0, 0.1) is 12.8 Å². The summed E-state index contributed by atoms with van der Waals surface area (Å²) in [6.45, 7) is 8.01. The van der Waals surface area contributed by atoms with Crippen LogP contribution in [-0.2, 0) is 4.79 Å². The predicted molar refractivity (Wildman–Crippen MR) is 80.5 cm³/mol. The molecule has 1 aliphatic rings. The number of nitrogens with two attached hydrogens (primary N) is 1. The van der Waals surface area contributed by atoms with Crippen molar-refractivity contribution in [3.63, 3.8) is 0 Å². The minimum Gasteiger partial charge on any atom is -0.397 e. The lowest BCUT2D eigenvalue weighted by molar-refractivity contribution is -0.114. The van der Waals surface area contributed by atoms with Crippen molar-refractivity contribution in [2.75, 3.05) is 29.0 Å². The van der Waals surface area contributed by atoms with Gasteiger partial charge in [-0.1, -0.05) is 6.92 Å². The van der Waals surface area contributed by atoms with Crippen molar-refractivity contribution < 1.29 is 4.79 Å². The molecule has 0 aromatic heterocycles. The number of piperidine rings is 1. The molecule has 1 atom stereocenters. The molecule has 1 aromatic rings. The summed E-state index contributed by atoms with van der Waals surface area (Å²) in [6.07, 6.45) is 2.52. The second-order valence-corrected chi connectivity index (χ2v) is 5.60. The highest BCUT2D eigenvalue weighted by Gasteiger charge is 2.19. The third kappa shape index (κ3) is 3.19. The second-order valence-electron chi connectivity index (χ2n) is 5.60. The Morgan fingerprint density at radius 1 is 1.47 bits per heavy atom. The number of hydrogen-bond donors (Lipinski definition) is 2. The molecule has 0 spiro atoms. The van der Waals surface area contributed by atoms with Crippen LogP contribution in [-0.4, -0.2) is 19.0 Å². The van der Waals surface area contributed by atoms with Gasteiger partial charge in [0.05, 0.1) is 11.4 Å². The van der Waals surface area contributed by atoms with E-state index in [9.17, 15) is 4.79 Å². The maximum absolute atomic E-state index is 11.2. The highest BCUT2D eigenvalue weighted by atomic mass is 16.1. The van der Waals surface area contributed by atoms with Gasteiger partial charge in [0.1, 0.15) is 0 Å². The Morgan fingerprint density at radius 2 is 2.21 bits per heavy atom. The van der Waals surface area contributed by atoms with Crippen LogP contribution in [0.25, 0.3) is 0 Å². The fourth-order valence-corrected chi connectivity index (χ4v) is 2.77. The number of rotatable bonds is 2. The topological polar surface area (TPSA) is 58.4 Å². The van der Waals surface area contributed by atoms with E-state index < -0.39 is 0 Å². The first kappa shape index (κ1) is 13.7. The minimum atomic E-state index is -0.0893. The Kier molecular flexibility index (Phi) is 3.98. The van der Waals surface area contributed by atoms with Crippen LogP contribution < -0.4 is 16.0 Å². The summed E-state index contributed by atoms with van der Waals surface area (Å²) in [6, 6.07) is 3.95. The number of benzene rings is 1. The molecule has 1 aliphatic heterocycles. The molecule has 0 unspecified atom stereocenters. The van der Waals surface area contributed by atoms with E-state index in [-0.39, 0.29) is 5.91 Å². The third-order valence-electron chi connectivity index (χ3n) is 3.68. The standard InChI is InChI=1S/C15H23N3O/c1-10-5-4-6-18(9-10)15-8-14(17-12(3)19)13(16)7-11(15)2/h7-8,10H,4-6,9,16H2,1-3H3,(H,17,19)/t10-/m1/s1. The summed E-state index contributed by atoms with van der Waals surface area (Å²) in [5, 5.41) is 2.80. The van der Waals surface area contributed by atoms with Crippen molar-refractivity contribution in [1.82, 2.24) is 0 Å². The Morgan fingerprint density at radius 3 is 2.84 bits per heavy atom. The van der Waals surface area contributed by atoms with Crippen LogP contribution >= 0.6 is 0 Å². The monoisotopic (exact) mass is 261 g/mol. The number of nitrogen functional groups attached to an aromatic ring is 1. The Labute approximate surface area is 115 Å². The lowest BCUT2D eigenvalue weighted by atomic mass is 9.98. The number of anilines is 3. The van der Waals surface area contributed by atoms with E-state index in [1.807, 2.05) is 12.1 Å². The van der Waals surface area contributed by atoms with Crippen LogP contribution in [0.1, 0.15) is 32.3 Å². The summed E-state index contributed by atoms with van der Waals surface area (Å²) in [4.78, 5) is 13.6. The van der Waals surface area contributed by atoms with Gasteiger partial charge < -0.3 is 16.0 Å². The molecule has 0 bridgehead atoms. The first-order chi connectivity index (χ1) is 8.97. The maximum atomic E-state index is 11.2. The molecule has 1 fully saturated rings. The molecule has 1 aromatic carbocycles. The Hall–Kier alpha value is -1.71.